The van der Waals surface area contributed by atoms with Gasteiger partial charge in [0.15, 0.2) is 5.82 Å². The monoisotopic (exact) mass is 428 g/mol. The standard InChI is InChI=1S/C23H20N6OS/c24-17(12-14-4-2-1-3-5-14)19(25)21-22-20(16(13-31-22)18-8-11-30-29-18)27-23(28-21)15-6-9-26-10-7-15/h1-11,13,17,19H,12,24-25H2. The maximum atomic E-state index is 6.67. The smallest absolute Gasteiger partial charge is 0.160 e. The summed E-state index contributed by atoms with van der Waals surface area (Å²) in [5.41, 5.74) is 18.3. The SMILES string of the molecule is NC(Cc1ccccc1)C(N)c1nc(-c2ccncc2)nc2c(-c3ccon3)csc12. The average molecular weight is 429 g/mol. The number of fused-ring (bicyclic) bond motifs is 1. The van der Waals surface area contributed by atoms with Gasteiger partial charge in [0, 0.05) is 41.0 Å². The van der Waals surface area contributed by atoms with Crippen LogP contribution < -0.4 is 11.5 Å². The number of aromatic nitrogens is 4. The first-order valence-electron chi connectivity index (χ1n) is 9.86. The van der Waals surface area contributed by atoms with Gasteiger partial charge in [-0.25, -0.2) is 9.97 Å². The summed E-state index contributed by atoms with van der Waals surface area (Å²) < 4.78 is 5.95. The van der Waals surface area contributed by atoms with Crippen molar-refractivity contribution in [2.24, 2.45) is 11.5 Å². The molecule has 0 saturated heterocycles. The maximum Gasteiger partial charge on any atom is 0.160 e. The van der Waals surface area contributed by atoms with E-state index in [1.54, 1.807) is 30.0 Å². The van der Waals surface area contributed by atoms with Gasteiger partial charge in [-0.3, -0.25) is 4.98 Å². The fourth-order valence-electron chi connectivity index (χ4n) is 3.55. The topological polar surface area (TPSA) is 117 Å². The minimum Gasteiger partial charge on any atom is -0.364 e. The van der Waals surface area contributed by atoms with E-state index in [0.717, 1.165) is 38.3 Å². The van der Waals surface area contributed by atoms with Crippen LogP contribution in [0.4, 0.5) is 0 Å². The molecule has 0 spiro atoms. The van der Waals surface area contributed by atoms with E-state index < -0.39 is 6.04 Å². The largest absolute Gasteiger partial charge is 0.364 e. The Hall–Kier alpha value is -3.46. The highest BCUT2D eigenvalue weighted by Gasteiger charge is 2.24. The number of hydrogen-bond donors (Lipinski definition) is 2. The number of nitrogens with zero attached hydrogens (tertiary/aromatic N) is 4. The highest BCUT2D eigenvalue weighted by atomic mass is 32.1. The predicted molar refractivity (Wildman–Crippen MR) is 121 cm³/mol. The number of nitrogens with two attached hydrogens (primary N) is 2. The van der Waals surface area contributed by atoms with Gasteiger partial charge in [-0.05, 0) is 24.1 Å². The molecule has 31 heavy (non-hydrogen) atoms. The molecule has 4 aromatic heterocycles. The first-order valence-corrected chi connectivity index (χ1v) is 10.7. The van der Waals surface area contributed by atoms with E-state index >= 15 is 0 Å². The van der Waals surface area contributed by atoms with E-state index in [0.29, 0.717) is 12.2 Å². The van der Waals surface area contributed by atoms with Crippen molar-refractivity contribution in [2.45, 2.75) is 18.5 Å². The van der Waals surface area contributed by atoms with Crippen LogP contribution in [0.5, 0.6) is 0 Å². The van der Waals surface area contributed by atoms with Crippen LogP contribution in [0.1, 0.15) is 17.3 Å². The van der Waals surface area contributed by atoms with Crippen LogP contribution in [-0.4, -0.2) is 26.2 Å². The average Bonchev–Trinajstić information content (AvgIpc) is 3.49. The lowest BCUT2D eigenvalue weighted by Crippen LogP contribution is -2.36. The van der Waals surface area contributed by atoms with Crippen LogP contribution in [-0.2, 0) is 6.42 Å². The summed E-state index contributed by atoms with van der Waals surface area (Å²) >= 11 is 1.54. The van der Waals surface area contributed by atoms with E-state index in [1.807, 2.05) is 41.8 Å². The van der Waals surface area contributed by atoms with E-state index in [4.69, 9.17) is 26.0 Å². The molecule has 0 aliphatic rings. The lowest BCUT2D eigenvalue weighted by molar-refractivity contribution is 0.422. The lowest BCUT2D eigenvalue weighted by Gasteiger charge is -2.20. The molecule has 5 aromatic rings. The van der Waals surface area contributed by atoms with Gasteiger partial charge in [0.1, 0.15) is 12.0 Å². The lowest BCUT2D eigenvalue weighted by atomic mass is 9.98. The summed E-state index contributed by atoms with van der Waals surface area (Å²) in [5.74, 6) is 0.579. The van der Waals surface area contributed by atoms with Gasteiger partial charge < -0.3 is 16.0 Å². The van der Waals surface area contributed by atoms with Crippen LogP contribution in [0, 0.1) is 0 Å². The molecule has 2 atom stereocenters. The maximum absolute atomic E-state index is 6.67. The molecule has 0 radical (unpaired) electrons. The van der Waals surface area contributed by atoms with Gasteiger partial charge >= 0.3 is 0 Å². The Kier molecular flexibility index (Phi) is 5.25. The Bertz CT molecular complexity index is 1290. The highest BCUT2D eigenvalue weighted by molar-refractivity contribution is 7.17. The summed E-state index contributed by atoms with van der Waals surface area (Å²) in [6.45, 7) is 0. The Morgan fingerprint density at radius 2 is 1.77 bits per heavy atom. The molecule has 0 saturated carbocycles. The van der Waals surface area contributed by atoms with Gasteiger partial charge in [0.25, 0.3) is 0 Å². The van der Waals surface area contributed by atoms with Crippen LogP contribution >= 0.6 is 11.3 Å². The molecule has 0 aliphatic carbocycles. The van der Waals surface area contributed by atoms with Crippen molar-refractivity contribution in [3.8, 4) is 22.6 Å². The summed E-state index contributed by atoms with van der Waals surface area (Å²) in [5, 5.41) is 6.09. The zero-order valence-corrected chi connectivity index (χ0v) is 17.4. The molecule has 5 rings (SSSR count). The first-order chi connectivity index (χ1) is 15.2. The Morgan fingerprint density at radius 3 is 2.52 bits per heavy atom. The van der Waals surface area contributed by atoms with E-state index in [2.05, 4.69) is 22.3 Å². The van der Waals surface area contributed by atoms with Gasteiger partial charge in [0.05, 0.1) is 22.0 Å². The number of pyridine rings is 1. The van der Waals surface area contributed by atoms with E-state index in [1.165, 1.54) is 0 Å². The molecule has 0 aliphatic heterocycles. The minimum absolute atomic E-state index is 0.302. The molecule has 8 heteroatoms. The van der Waals surface area contributed by atoms with E-state index in [9.17, 15) is 0 Å². The highest BCUT2D eigenvalue weighted by Crippen LogP contribution is 2.37. The normalized spacial score (nSPS) is 13.4. The fraction of sp³-hybridized carbons (Fsp3) is 0.130. The van der Waals surface area contributed by atoms with Crippen LogP contribution in [0.3, 0.4) is 0 Å². The zero-order valence-electron chi connectivity index (χ0n) is 16.6. The van der Waals surface area contributed by atoms with Gasteiger partial charge in [-0.1, -0.05) is 35.5 Å². The molecule has 0 fully saturated rings. The second-order valence-corrected chi connectivity index (χ2v) is 8.14. The van der Waals surface area contributed by atoms with Gasteiger partial charge in [0.2, 0.25) is 0 Å². The second-order valence-electron chi connectivity index (χ2n) is 7.26. The molecule has 0 amide bonds. The van der Waals surface area contributed by atoms with Crippen LogP contribution in [0.15, 0.2) is 77.1 Å². The molecule has 154 valence electrons. The summed E-state index contributed by atoms with van der Waals surface area (Å²) in [6.07, 6.45) is 5.64. The Morgan fingerprint density at radius 1 is 0.968 bits per heavy atom. The molecule has 1 aromatic carbocycles. The van der Waals surface area contributed by atoms with Crippen molar-refractivity contribution in [1.82, 2.24) is 20.1 Å². The van der Waals surface area contributed by atoms with Crippen molar-refractivity contribution in [3.05, 3.63) is 83.8 Å². The zero-order chi connectivity index (χ0) is 21.2. The van der Waals surface area contributed by atoms with Crippen molar-refractivity contribution in [3.63, 3.8) is 0 Å². The molecule has 4 heterocycles. The van der Waals surface area contributed by atoms with Crippen molar-refractivity contribution < 1.29 is 4.52 Å². The predicted octanol–water partition coefficient (Wildman–Crippen LogP) is 3.98. The third-order valence-electron chi connectivity index (χ3n) is 5.19. The molecule has 2 unspecified atom stereocenters. The van der Waals surface area contributed by atoms with Crippen molar-refractivity contribution in [1.29, 1.82) is 0 Å². The first kappa shape index (κ1) is 19.5. The number of rotatable bonds is 6. The number of hydrogen-bond acceptors (Lipinski definition) is 8. The molecule has 0 bridgehead atoms. The van der Waals surface area contributed by atoms with Crippen molar-refractivity contribution in [2.75, 3.05) is 0 Å². The van der Waals surface area contributed by atoms with E-state index in [-0.39, 0.29) is 6.04 Å². The number of thiophene rings is 1. The minimum atomic E-state index is -0.463. The van der Waals surface area contributed by atoms with Crippen LogP contribution in [0.2, 0.25) is 0 Å². The van der Waals surface area contributed by atoms with Crippen molar-refractivity contribution >= 4 is 21.6 Å². The van der Waals surface area contributed by atoms with Gasteiger partial charge in [-0.2, -0.15) is 0 Å². The summed E-state index contributed by atoms with van der Waals surface area (Å²) in [6, 6.07) is 14.9. The fourth-order valence-corrected chi connectivity index (χ4v) is 4.58. The van der Waals surface area contributed by atoms with Gasteiger partial charge in [-0.15, -0.1) is 11.3 Å². The Balaban J connectivity index is 1.62. The second kappa shape index (κ2) is 8.35. The number of benzene rings is 1. The third kappa shape index (κ3) is 3.84. The molecule has 7 nitrogen and oxygen atoms in total. The Labute approximate surface area is 182 Å². The summed E-state index contributed by atoms with van der Waals surface area (Å²) in [7, 11) is 0. The molecular weight excluding hydrogens is 408 g/mol. The molecule has 4 N–H and O–H groups in total. The van der Waals surface area contributed by atoms with Crippen LogP contribution in [0.25, 0.3) is 32.9 Å². The third-order valence-corrected chi connectivity index (χ3v) is 6.18. The quantitative estimate of drug-likeness (QED) is 0.420. The summed E-state index contributed by atoms with van der Waals surface area (Å²) in [4.78, 5) is 13.8. The molecular formula is C23H20N6OS.